The fourth-order valence-electron chi connectivity index (χ4n) is 11.5. The van der Waals surface area contributed by atoms with Crippen molar-refractivity contribution < 1.29 is 24.5 Å². The van der Waals surface area contributed by atoms with E-state index in [9.17, 15) is 19.8 Å². The SMILES string of the molecule is CCCCCCCC/C=C\CCCCCCCC(=O)OCCCCCCCCCCCCCC/C=C\CCCCCCCCCC(=O)NC(CO)C(O)CCCCCCCCCCCCCCCCCCCCCCCCCC. The standard InChI is InChI=1S/C73H141NO5/c1-3-5-7-9-11-13-15-17-19-20-21-22-23-25-28-31-34-38-41-45-49-53-57-61-65-71(76)70(69-75)74-72(77)66-62-58-54-50-46-42-39-35-32-29-26-24-27-30-33-36-40-44-48-52-56-60-64-68-79-73(78)67-63-59-55-51-47-43-37-18-16-14-12-10-8-6-4-2/h18,29,32,37,70-71,75-76H,3-17,19-28,30-31,33-36,38-69H2,1-2H3,(H,74,77)/b32-29-,37-18-. The number of ether oxygens (including phenoxy) is 1. The number of aliphatic hydroxyl groups is 2. The molecule has 0 fully saturated rings. The molecule has 6 heteroatoms. The van der Waals surface area contributed by atoms with Crippen LogP contribution < -0.4 is 5.32 Å². The predicted octanol–water partition coefficient (Wildman–Crippen LogP) is 23.3. The first-order valence-corrected chi connectivity index (χ1v) is 36.1. The molecule has 2 unspecified atom stereocenters. The Morgan fingerprint density at radius 2 is 0.595 bits per heavy atom. The fourth-order valence-corrected chi connectivity index (χ4v) is 11.5. The largest absolute Gasteiger partial charge is 0.466 e. The zero-order valence-corrected chi connectivity index (χ0v) is 53.6. The average molecular weight is 1110 g/mol. The van der Waals surface area contributed by atoms with E-state index >= 15 is 0 Å². The van der Waals surface area contributed by atoms with Crippen LogP contribution in [0.5, 0.6) is 0 Å². The van der Waals surface area contributed by atoms with Gasteiger partial charge in [-0.3, -0.25) is 9.59 Å². The summed E-state index contributed by atoms with van der Waals surface area (Å²) in [6, 6.07) is -0.548. The quantitative estimate of drug-likeness (QED) is 0.0320. The van der Waals surface area contributed by atoms with Crippen LogP contribution in [0.1, 0.15) is 406 Å². The molecule has 0 aliphatic heterocycles. The number of hydrogen-bond acceptors (Lipinski definition) is 5. The van der Waals surface area contributed by atoms with Crippen LogP contribution in [0, 0.1) is 0 Å². The highest BCUT2D eigenvalue weighted by Crippen LogP contribution is 2.19. The normalized spacial score (nSPS) is 12.6. The van der Waals surface area contributed by atoms with Crippen molar-refractivity contribution in [3.05, 3.63) is 24.3 Å². The second-order valence-corrected chi connectivity index (χ2v) is 24.9. The first kappa shape index (κ1) is 77.3. The maximum absolute atomic E-state index is 12.6. The van der Waals surface area contributed by atoms with Crippen LogP contribution in [0.25, 0.3) is 0 Å². The Balaban J connectivity index is 3.41. The Hall–Kier alpha value is -1.66. The number of aliphatic hydroxyl groups excluding tert-OH is 2. The summed E-state index contributed by atoms with van der Waals surface area (Å²) in [5.41, 5.74) is 0. The summed E-state index contributed by atoms with van der Waals surface area (Å²) < 4.78 is 5.49. The number of unbranched alkanes of at least 4 members (excludes halogenated alkanes) is 53. The molecule has 468 valence electrons. The molecule has 0 radical (unpaired) electrons. The van der Waals surface area contributed by atoms with Gasteiger partial charge < -0.3 is 20.3 Å². The van der Waals surface area contributed by atoms with Crippen molar-refractivity contribution in [1.82, 2.24) is 5.32 Å². The van der Waals surface area contributed by atoms with Gasteiger partial charge in [-0.05, 0) is 77.0 Å². The molecule has 0 aromatic carbocycles. The highest BCUT2D eigenvalue weighted by Gasteiger charge is 2.20. The molecule has 0 bridgehead atoms. The minimum atomic E-state index is -0.670. The van der Waals surface area contributed by atoms with Crippen molar-refractivity contribution in [3.8, 4) is 0 Å². The van der Waals surface area contributed by atoms with Crippen LogP contribution in [0.3, 0.4) is 0 Å². The third-order valence-electron chi connectivity index (χ3n) is 17.0. The molecule has 3 N–H and O–H groups in total. The van der Waals surface area contributed by atoms with Crippen molar-refractivity contribution >= 4 is 11.9 Å². The second kappa shape index (κ2) is 68.8. The Kier molecular flexibility index (Phi) is 67.4. The highest BCUT2D eigenvalue weighted by atomic mass is 16.5. The van der Waals surface area contributed by atoms with Crippen molar-refractivity contribution in [3.63, 3.8) is 0 Å². The minimum absolute atomic E-state index is 0.00459. The van der Waals surface area contributed by atoms with Crippen LogP contribution in [0.4, 0.5) is 0 Å². The van der Waals surface area contributed by atoms with E-state index in [1.54, 1.807) is 0 Å². The maximum atomic E-state index is 12.6. The van der Waals surface area contributed by atoms with Crippen molar-refractivity contribution in [2.45, 2.75) is 418 Å². The topological polar surface area (TPSA) is 95.9 Å². The van der Waals surface area contributed by atoms with Crippen molar-refractivity contribution in [1.29, 1.82) is 0 Å². The molecule has 0 aliphatic carbocycles. The summed E-state index contributed by atoms with van der Waals surface area (Å²) in [5.74, 6) is -0.0320. The third-order valence-corrected chi connectivity index (χ3v) is 17.0. The molecule has 1 amide bonds. The van der Waals surface area contributed by atoms with Gasteiger partial charge in [-0.25, -0.2) is 0 Å². The highest BCUT2D eigenvalue weighted by molar-refractivity contribution is 5.76. The number of carbonyl (C=O) groups is 2. The van der Waals surface area contributed by atoms with Gasteiger partial charge in [0.1, 0.15) is 0 Å². The molecule has 79 heavy (non-hydrogen) atoms. The summed E-state index contributed by atoms with van der Waals surface area (Å²) in [6.07, 6.45) is 86.5. The number of hydrogen-bond donors (Lipinski definition) is 3. The Bertz CT molecular complexity index is 1230. The van der Waals surface area contributed by atoms with Gasteiger partial charge in [0.05, 0.1) is 25.4 Å². The van der Waals surface area contributed by atoms with E-state index in [0.717, 1.165) is 44.9 Å². The molecule has 2 atom stereocenters. The molecule has 0 aliphatic rings. The molecule has 0 heterocycles. The van der Waals surface area contributed by atoms with E-state index in [1.165, 1.54) is 327 Å². The van der Waals surface area contributed by atoms with Gasteiger partial charge in [0, 0.05) is 12.8 Å². The molecule has 0 rings (SSSR count). The molecule has 0 spiro atoms. The van der Waals surface area contributed by atoms with Gasteiger partial charge in [0.2, 0.25) is 5.91 Å². The van der Waals surface area contributed by atoms with Gasteiger partial charge in [-0.2, -0.15) is 0 Å². The van der Waals surface area contributed by atoms with Gasteiger partial charge >= 0.3 is 5.97 Å². The maximum Gasteiger partial charge on any atom is 0.305 e. The van der Waals surface area contributed by atoms with Crippen LogP contribution in [-0.4, -0.2) is 47.4 Å². The summed E-state index contributed by atoms with van der Waals surface area (Å²) in [6.45, 7) is 4.98. The summed E-state index contributed by atoms with van der Waals surface area (Å²) >= 11 is 0. The minimum Gasteiger partial charge on any atom is -0.466 e. The Morgan fingerprint density at radius 3 is 0.899 bits per heavy atom. The van der Waals surface area contributed by atoms with E-state index < -0.39 is 12.1 Å². The smallest absolute Gasteiger partial charge is 0.305 e. The number of nitrogens with one attached hydrogen (secondary N) is 1. The third kappa shape index (κ3) is 65.4. The lowest BCUT2D eigenvalue weighted by atomic mass is 10.0. The Labute approximate surface area is 494 Å². The van der Waals surface area contributed by atoms with Crippen molar-refractivity contribution in [2.75, 3.05) is 13.2 Å². The lowest BCUT2D eigenvalue weighted by Crippen LogP contribution is -2.45. The summed E-state index contributed by atoms with van der Waals surface area (Å²) in [5, 5.41) is 23.4. The lowest BCUT2D eigenvalue weighted by Gasteiger charge is -2.22. The van der Waals surface area contributed by atoms with Crippen LogP contribution in [0.2, 0.25) is 0 Å². The average Bonchev–Trinajstić information content (AvgIpc) is 3.45. The molecule has 0 saturated heterocycles. The van der Waals surface area contributed by atoms with E-state index in [1.807, 2.05) is 0 Å². The number of allylic oxidation sites excluding steroid dienone is 4. The molecule has 0 aromatic rings. The van der Waals surface area contributed by atoms with E-state index in [4.69, 9.17) is 4.74 Å². The number of rotatable bonds is 68. The zero-order chi connectivity index (χ0) is 57.1. The van der Waals surface area contributed by atoms with Crippen LogP contribution in [-0.2, 0) is 14.3 Å². The van der Waals surface area contributed by atoms with Gasteiger partial charge in [0.25, 0.3) is 0 Å². The number of carbonyl (C=O) groups excluding carboxylic acids is 2. The van der Waals surface area contributed by atoms with Crippen molar-refractivity contribution in [2.24, 2.45) is 0 Å². The monoisotopic (exact) mass is 1110 g/mol. The molecular formula is C73H141NO5. The van der Waals surface area contributed by atoms with Crippen LogP contribution >= 0.6 is 0 Å². The number of amides is 1. The van der Waals surface area contributed by atoms with Gasteiger partial charge in [-0.15, -0.1) is 0 Å². The predicted molar refractivity (Wildman–Crippen MR) is 347 cm³/mol. The summed E-state index contributed by atoms with van der Waals surface area (Å²) in [7, 11) is 0. The number of esters is 1. The molecule has 6 nitrogen and oxygen atoms in total. The molecule has 0 aromatic heterocycles. The second-order valence-electron chi connectivity index (χ2n) is 24.9. The van der Waals surface area contributed by atoms with Crippen LogP contribution in [0.15, 0.2) is 24.3 Å². The van der Waals surface area contributed by atoms with E-state index in [-0.39, 0.29) is 18.5 Å². The molecule has 0 saturated carbocycles. The first-order chi connectivity index (χ1) is 39.0. The van der Waals surface area contributed by atoms with Gasteiger partial charge in [0.15, 0.2) is 0 Å². The van der Waals surface area contributed by atoms with E-state index in [2.05, 4.69) is 43.5 Å². The first-order valence-electron chi connectivity index (χ1n) is 36.1. The fraction of sp³-hybridized carbons (Fsp3) is 0.918. The lowest BCUT2D eigenvalue weighted by molar-refractivity contribution is -0.143. The zero-order valence-electron chi connectivity index (χ0n) is 53.6. The Morgan fingerprint density at radius 1 is 0.342 bits per heavy atom. The molecular weight excluding hydrogens is 971 g/mol. The summed E-state index contributed by atoms with van der Waals surface area (Å²) in [4.78, 5) is 24.6. The van der Waals surface area contributed by atoms with E-state index in [0.29, 0.717) is 25.9 Å². The van der Waals surface area contributed by atoms with Gasteiger partial charge in [-0.1, -0.05) is 340 Å².